The van der Waals surface area contributed by atoms with E-state index in [0.29, 0.717) is 11.9 Å². The van der Waals surface area contributed by atoms with Crippen molar-refractivity contribution in [3.8, 4) is 0 Å². The Bertz CT molecular complexity index is 588. The van der Waals surface area contributed by atoms with Gasteiger partial charge in [0.15, 0.2) is 0 Å². The van der Waals surface area contributed by atoms with E-state index in [-0.39, 0.29) is 5.92 Å². The van der Waals surface area contributed by atoms with Gasteiger partial charge in [0.25, 0.3) is 0 Å². The van der Waals surface area contributed by atoms with Gasteiger partial charge in [-0.15, -0.1) is 11.6 Å². The van der Waals surface area contributed by atoms with E-state index < -0.39 is 0 Å². The van der Waals surface area contributed by atoms with E-state index in [2.05, 4.69) is 23.0 Å². The Kier molecular flexibility index (Phi) is 4.87. The standard InChI is InChI=1S/C17H20Cl2N2/c18-12-14(13-4-3-5-15(19)10-13)11-16-8-9-21(20-16)17-6-1-2-7-17/h3-5,8-10,14,17H,1-2,6-7,11-12H2. The van der Waals surface area contributed by atoms with Crippen molar-refractivity contribution in [2.75, 3.05) is 5.88 Å². The maximum atomic E-state index is 6.16. The highest BCUT2D eigenvalue weighted by atomic mass is 35.5. The molecule has 0 bridgehead atoms. The average molecular weight is 323 g/mol. The molecular weight excluding hydrogens is 303 g/mol. The van der Waals surface area contributed by atoms with E-state index in [9.17, 15) is 0 Å². The molecule has 112 valence electrons. The highest BCUT2D eigenvalue weighted by Crippen LogP contribution is 2.29. The van der Waals surface area contributed by atoms with Gasteiger partial charge in [-0.05, 0) is 43.0 Å². The van der Waals surface area contributed by atoms with Crippen molar-refractivity contribution in [2.45, 2.75) is 44.1 Å². The molecule has 1 heterocycles. The lowest BCUT2D eigenvalue weighted by atomic mass is 9.96. The molecule has 0 radical (unpaired) electrons. The molecule has 3 rings (SSSR count). The lowest BCUT2D eigenvalue weighted by molar-refractivity contribution is 0.461. The van der Waals surface area contributed by atoms with Crippen LogP contribution in [-0.2, 0) is 6.42 Å². The number of nitrogens with zero attached hydrogens (tertiary/aromatic N) is 2. The number of hydrogen-bond acceptors (Lipinski definition) is 1. The van der Waals surface area contributed by atoms with Crippen LogP contribution in [0.1, 0.15) is 48.9 Å². The Hall–Kier alpha value is -0.990. The molecule has 4 heteroatoms. The van der Waals surface area contributed by atoms with Gasteiger partial charge >= 0.3 is 0 Å². The minimum atomic E-state index is 0.261. The van der Waals surface area contributed by atoms with Gasteiger partial charge in [0, 0.05) is 23.0 Å². The predicted molar refractivity (Wildman–Crippen MR) is 88.3 cm³/mol. The maximum absolute atomic E-state index is 6.16. The largest absolute Gasteiger partial charge is 0.269 e. The Morgan fingerprint density at radius 1 is 1.24 bits per heavy atom. The van der Waals surface area contributed by atoms with Crippen LogP contribution in [-0.4, -0.2) is 15.7 Å². The molecule has 1 atom stereocenters. The molecule has 0 N–H and O–H groups in total. The van der Waals surface area contributed by atoms with E-state index in [0.717, 1.165) is 17.1 Å². The van der Waals surface area contributed by atoms with E-state index in [1.807, 2.05) is 18.2 Å². The fraction of sp³-hybridized carbons (Fsp3) is 0.471. The molecule has 1 aromatic carbocycles. The second-order valence-corrected chi connectivity index (χ2v) is 6.58. The number of halogens is 2. The van der Waals surface area contributed by atoms with Crippen molar-refractivity contribution in [3.05, 3.63) is 52.8 Å². The summed E-state index contributed by atoms with van der Waals surface area (Å²) in [5, 5.41) is 5.52. The van der Waals surface area contributed by atoms with Crippen molar-refractivity contribution in [1.82, 2.24) is 9.78 Å². The number of benzene rings is 1. The lowest BCUT2D eigenvalue weighted by Gasteiger charge is -2.14. The normalized spacial score (nSPS) is 17.2. The fourth-order valence-corrected chi connectivity index (χ4v) is 3.62. The third kappa shape index (κ3) is 3.61. The van der Waals surface area contributed by atoms with Gasteiger partial charge in [-0.3, -0.25) is 4.68 Å². The molecule has 1 unspecified atom stereocenters. The quantitative estimate of drug-likeness (QED) is 0.690. The van der Waals surface area contributed by atoms with Crippen LogP contribution in [0, 0.1) is 0 Å². The monoisotopic (exact) mass is 322 g/mol. The summed E-state index contributed by atoms with van der Waals surface area (Å²) < 4.78 is 2.14. The molecular formula is C17H20Cl2N2. The summed E-state index contributed by atoms with van der Waals surface area (Å²) in [5.41, 5.74) is 2.31. The molecule has 1 saturated carbocycles. The lowest BCUT2D eigenvalue weighted by Crippen LogP contribution is -2.08. The summed E-state index contributed by atoms with van der Waals surface area (Å²) >= 11 is 12.2. The third-order valence-electron chi connectivity index (χ3n) is 4.32. The average Bonchev–Trinajstić information content (AvgIpc) is 3.15. The number of rotatable bonds is 5. The molecule has 2 aromatic rings. The molecule has 0 saturated heterocycles. The van der Waals surface area contributed by atoms with Crippen LogP contribution in [0.5, 0.6) is 0 Å². The first-order chi connectivity index (χ1) is 10.3. The van der Waals surface area contributed by atoms with E-state index in [4.69, 9.17) is 28.3 Å². The molecule has 0 aliphatic heterocycles. The molecule has 1 fully saturated rings. The van der Waals surface area contributed by atoms with Crippen LogP contribution in [0.2, 0.25) is 5.02 Å². The summed E-state index contributed by atoms with van der Waals surface area (Å²) in [5.74, 6) is 0.841. The van der Waals surface area contributed by atoms with Gasteiger partial charge in [0.2, 0.25) is 0 Å². The maximum Gasteiger partial charge on any atom is 0.0631 e. The van der Waals surface area contributed by atoms with Gasteiger partial charge in [-0.25, -0.2) is 0 Å². The number of hydrogen-bond donors (Lipinski definition) is 0. The zero-order chi connectivity index (χ0) is 14.7. The highest BCUT2D eigenvalue weighted by molar-refractivity contribution is 6.30. The molecule has 2 nitrogen and oxygen atoms in total. The van der Waals surface area contributed by atoms with E-state index in [1.165, 1.54) is 31.2 Å². The zero-order valence-electron chi connectivity index (χ0n) is 12.0. The molecule has 21 heavy (non-hydrogen) atoms. The first kappa shape index (κ1) is 14.9. The van der Waals surface area contributed by atoms with Gasteiger partial charge in [0.1, 0.15) is 0 Å². The minimum Gasteiger partial charge on any atom is -0.269 e. The van der Waals surface area contributed by atoms with Crippen LogP contribution in [0.3, 0.4) is 0 Å². The van der Waals surface area contributed by atoms with E-state index >= 15 is 0 Å². The van der Waals surface area contributed by atoms with Crippen molar-refractivity contribution < 1.29 is 0 Å². The van der Waals surface area contributed by atoms with Gasteiger partial charge < -0.3 is 0 Å². The first-order valence-corrected chi connectivity index (χ1v) is 8.53. The van der Waals surface area contributed by atoms with Crippen molar-refractivity contribution >= 4 is 23.2 Å². The number of alkyl halides is 1. The van der Waals surface area contributed by atoms with E-state index in [1.54, 1.807) is 0 Å². The SMILES string of the molecule is ClCC(Cc1ccn(C2CCCC2)n1)c1cccc(Cl)c1. The van der Waals surface area contributed by atoms with Crippen molar-refractivity contribution in [1.29, 1.82) is 0 Å². The summed E-state index contributed by atoms with van der Waals surface area (Å²) in [7, 11) is 0. The van der Waals surface area contributed by atoms with Crippen LogP contribution in [0.25, 0.3) is 0 Å². The van der Waals surface area contributed by atoms with Crippen LogP contribution in [0.4, 0.5) is 0 Å². The van der Waals surface area contributed by atoms with Crippen molar-refractivity contribution in [2.24, 2.45) is 0 Å². The zero-order valence-corrected chi connectivity index (χ0v) is 13.5. The predicted octanol–water partition coefficient (Wildman–Crippen LogP) is 5.22. The Morgan fingerprint density at radius 2 is 2.05 bits per heavy atom. The van der Waals surface area contributed by atoms with Crippen LogP contribution < -0.4 is 0 Å². The Balaban J connectivity index is 1.72. The Labute approximate surface area is 136 Å². The highest BCUT2D eigenvalue weighted by Gasteiger charge is 2.19. The van der Waals surface area contributed by atoms with Gasteiger partial charge in [0.05, 0.1) is 11.7 Å². The first-order valence-electron chi connectivity index (χ1n) is 7.61. The fourth-order valence-electron chi connectivity index (χ4n) is 3.13. The molecule has 1 aromatic heterocycles. The molecule has 0 amide bonds. The van der Waals surface area contributed by atoms with Crippen LogP contribution in [0.15, 0.2) is 36.5 Å². The van der Waals surface area contributed by atoms with Gasteiger partial charge in [-0.2, -0.15) is 5.10 Å². The number of aromatic nitrogens is 2. The van der Waals surface area contributed by atoms with Crippen molar-refractivity contribution in [3.63, 3.8) is 0 Å². The minimum absolute atomic E-state index is 0.261. The second kappa shape index (κ2) is 6.85. The molecule has 1 aliphatic carbocycles. The smallest absolute Gasteiger partial charge is 0.0631 e. The summed E-state index contributed by atoms with van der Waals surface area (Å²) in [6.45, 7) is 0. The third-order valence-corrected chi connectivity index (χ3v) is 4.93. The Morgan fingerprint density at radius 3 is 2.76 bits per heavy atom. The molecule has 1 aliphatic rings. The van der Waals surface area contributed by atoms with Gasteiger partial charge in [-0.1, -0.05) is 36.6 Å². The molecule has 0 spiro atoms. The summed E-state index contributed by atoms with van der Waals surface area (Å²) in [6, 6.07) is 10.7. The summed E-state index contributed by atoms with van der Waals surface area (Å²) in [4.78, 5) is 0. The van der Waals surface area contributed by atoms with Crippen LogP contribution >= 0.6 is 23.2 Å². The second-order valence-electron chi connectivity index (χ2n) is 5.84. The topological polar surface area (TPSA) is 17.8 Å². The summed E-state index contributed by atoms with van der Waals surface area (Å²) in [6.07, 6.45) is 8.15.